The van der Waals surface area contributed by atoms with E-state index >= 15 is 0 Å². The summed E-state index contributed by atoms with van der Waals surface area (Å²) in [6.07, 6.45) is 4.73. The summed E-state index contributed by atoms with van der Waals surface area (Å²) < 4.78 is 22.8. The van der Waals surface area contributed by atoms with E-state index in [9.17, 15) is 13.2 Å². The van der Waals surface area contributed by atoms with E-state index in [4.69, 9.17) is 0 Å². The molecule has 6 heteroatoms. The third-order valence-corrected chi connectivity index (χ3v) is 6.06. The molecule has 1 aliphatic rings. The fourth-order valence-electron chi connectivity index (χ4n) is 2.82. The number of rotatable bonds is 6. The van der Waals surface area contributed by atoms with Crippen molar-refractivity contribution in [2.75, 3.05) is 18.1 Å². The number of urea groups is 1. The Hall–Kier alpha value is -1.56. The van der Waals surface area contributed by atoms with Gasteiger partial charge >= 0.3 is 6.03 Å². The van der Waals surface area contributed by atoms with Gasteiger partial charge in [0.25, 0.3) is 0 Å². The maximum Gasteiger partial charge on any atom is 0.315 e. The summed E-state index contributed by atoms with van der Waals surface area (Å²) in [5.41, 5.74) is 3.89. The average molecular weight is 338 g/mol. The Morgan fingerprint density at radius 1 is 1.22 bits per heavy atom. The standard InChI is InChI=1S/C17H26N2O3S/c1-3-23(21,22)11-10-18-17(20)19-13(2)15-9-8-14-6-4-5-7-16(14)12-15/h8-9,12-13H,3-7,10-11H2,1-2H3,(H2,18,19,20)/t13-/m0/s1. The zero-order valence-corrected chi connectivity index (χ0v) is 14.7. The lowest BCUT2D eigenvalue weighted by Crippen LogP contribution is -2.39. The van der Waals surface area contributed by atoms with Gasteiger partial charge in [-0.2, -0.15) is 0 Å². The SMILES string of the molecule is CCS(=O)(=O)CCNC(=O)N[C@@H](C)c1ccc2c(c1)CCCC2. The van der Waals surface area contributed by atoms with Crippen LogP contribution in [0, 0.1) is 0 Å². The Morgan fingerprint density at radius 3 is 2.61 bits per heavy atom. The topological polar surface area (TPSA) is 75.3 Å². The van der Waals surface area contributed by atoms with Crippen molar-refractivity contribution in [2.24, 2.45) is 0 Å². The number of carbonyl (C=O) groups excluding carboxylic acids is 1. The van der Waals surface area contributed by atoms with Crippen LogP contribution < -0.4 is 10.6 Å². The summed E-state index contributed by atoms with van der Waals surface area (Å²) in [5, 5.41) is 5.47. The second-order valence-corrected chi connectivity index (χ2v) is 8.57. The zero-order valence-electron chi connectivity index (χ0n) is 13.9. The maximum absolute atomic E-state index is 11.9. The van der Waals surface area contributed by atoms with Crippen LogP contribution in [0.2, 0.25) is 0 Å². The predicted molar refractivity (Wildman–Crippen MR) is 92.4 cm³/mol. The van der Waals surface area contributed by atoms with Crippen LogP contribution in [0.15, 0.2) is 18.2 Å². The third-order valence-electron chi connectivity index (χ3n) is 4.36. The Kier molecular flexibility index (Phi) is 6.04. The number of carbonyl (C=O) groups is 1. The average Bonchev–Trinajstić information content (AvgIpc) is 2.54. The molecule has 0 fully saturated rings. The smallest absolute Gasteiger partial charge is 0.315 e. The summed E-state index contributed by atoms with van der Waals surface area (Å²) in [6.45, 7) is 3.68. The highest BCUT2D eigenvalue weighted by molar-refractivity contribution is 7.91. The zero-order chi connectivity index (χ0) is 16.9. The van der Waals surface area contributed by atoms with E-state index < -0.39 is 9.84 Å². The molecular weight excluding hydrogens is 312 g/mol. The molecule has 128 valence electrons. The van der Waals surface area contributed by atoms with Crippen molar-refractivity contribution >= 4 is 15.9 Å². The molecule has 1 atom stereocenters. The highest BCUT2D eigenvalue weighted by Gasteiger charge is 2.14. The first kappa shape index (κ1) is 17.8. The molecule has 0 aliphatic heterocycles. The van der Waals surface area contributed by atoms with Crippen molar-refractivity contribution < 1.29 is 13.2 Å². The number of amides is 2. The molecule has 23 heavy (non-hydrogen) atoms. The molecule has 0 heterocycles. The Labute approximate surface area is 138 Å². The van der Waals surface area contributed by atoms with Gasteiger partial charge in [-0.15, -0.1) is 0 Å². The number of hydrogen-bond donors (Lipinski definition) is 2. The molecule has 1 aromatic carbocycles. The van der Waals surface area contributed by atoms with Crippen LogP contribution in [-0.4, -0.2) is 32.5 Å². The molecule has 5 nitrogen and oxygen atoms in total. The molecular formula is C17H26N2O3S. The van der Waals surface area contributed by atoms with Crippen LogP contribution >= 0.6 is 0 Å². The molecule has 2 amide bonds. The molecule has 0 aromatic heterocycles. The molecule has 1 aliphatic carbocycles. The van der Waals surface area contributed by atoms with Gasteiger partial charge < -0.3 is 10.6 Å². The Bertz CT molecular complexity index is 656. The van der Waals surface area contributed by atoms with E-state index in [1.54, 1.807) is 6.92 Å². The summed E-state index contributed by atoms with van der Waals surface area (Å²) >= 11 is 0. The van der Waals surface area contributed by atoms with Crippen LogP contribution in [0.1, 0.15) is 49.4 Å². The van der Waals surface area contributed by atoms with Gasteiger partial charge in [0.05, 0.1) is 11.8 Å². The number of aryl methyl sites for hydroxylation is 2. The van der Waals surface area contributed by atoms with Gasteiger partial charge in [0.2, 0.25) is 0 Å². The summed E-state index contributed by atoms with van der Waals surface area (Å²) in [5.74, 6) is 0.0754. The highest BCUT2D eigenvalue weighted by atomic mass is 32.2. The van der Waals surface area contributed by atoms with Crippen molar-refractivity contribution in [3.63, 3.8) is 0 Å². The number of nitrogens with one attached hydrogen (secondary N) is 2. The van der Waals surface area contributed by atoms with E-state index in [1.807, 2.05) is 6.92 Å². The van der Waals surface area contributed by atoms with Gasteiger partial charge in [-0.1, -0.05) is 25.1 Å². The summed E-state index contributed by atoms with van der Waals surface area (Å²) in [4.78, 5) is 11.9. The fraction of sp³-hybridized carbons (Fsp3) is 0.588. The monoisotopic (exact) mass is 338 g/mol. The normalized spacial score (nSPS) is 15.6. The van der Waals surface area contributed by atoms with Gasteiger partial charge in [0.1, 0.15) is 0 Å². The molecule has 0 saturated heterocycles. The summed E-state index contributed by atoms with van der Waals surface area (Å²) in [7, 11) is -3.05. The molecule has 0 radical (unpaired) electrons. The van der Waals surface area contributed by atoms with E-state index in [0.717, 1.165) is 18.4 Å². The minimum absolute atomic E-state index is 0.0237. The molecule has 0 saturated carbocycles. The van der Waals surface area contributed by atoms with Crippen LogP contribution in [0.25, 0.3) is 0 Å². The summed E-state index contributed by atoms with van der Waals surface area (Å²) in [6, 6.07) is 5.97. The predicted octanol–water partition coefficient (Wildman–Crippen LogP) is 2.36. The number of sulfone groups is 1. The van der Waals surface area contributed by atoms with Gasteiger partial charge in [-0.25, -0.2) is 13.2 Å². The second-order valence-electron chi connectivity index (χ2n) is 6.09. The maximum atomic E-state index is 11.9. The van der Waals surface area contributed by atoms with Crippen molar-refractivity contribution in [3.05, 3.63) is 34.9 Å². The first-order valence-electron chi connectivity index (χ1n) is 8.28. The lowest BCUT2D eigenvalue weighted by atomic mass is 9.89. The number of fused-ring (bicyclic) bond motifs is 1. The first-order chi connectivity index (χ1) is 10.9. The van der Waals surface area contributed by atoms with Crippen molar-refractivity contribution in [3.8, 4) is 0 Å². The molecule has 0 spiro atoms. The van der Waals surface area contributed by atoms with E-state index in [-0.39, 0.29) is 30.1 Å². The largest absolute Gasteiger partial charge is 0.337 e. The van der Waals surface area contributed by atoms with Crippen LogP contribution in [0.4, 0.5) is 4.79 Å². The Morgan fingerprint density at radius 2 is 1.91 bits per heavy atom. The van der Waals surface area contributed by atoms with Gasteiger partial charge in [0, 0.05) is 12.3 Å². The lowest BCUT2D eigenvalue weighted by Gasteiger charge is -2.20. The van der Waals surface area contributed by atoms with Crippen LogP contribution in [-0.2, 0) is 22.7 Å². The second kappa shape index (κ2) is 7.81. The van der Waals surface area contributed by atoms with Gasteiger partial charge in [-0.3, -0.25) is 0 Å². The Balaban J connectivity index is 1.86. The lowest BCUT2D eigenvalue weighted by molar-refractivity contribution is 0.238. The molecule has 0 bridgehead atoms. The van der Waals surface area contributed by atoms with Gasteiger partial charge in [0.15, 0.2) is 9.84 Å². The highest BCUT2D eigenvalue weighted by Crippen LogP contribution is 2.24. The molecule has 2 rings (SSSR count). The first-order valence-corrected chi connectivity index (χ1v) is 10.1. The third kappa shape index (κ3) is 5.23. The van der Waals surface area contributed by atoms with Gasteiger partial charge in [-0.05, 0) is 49.3 Å². The minimum Gasteiger partial charge on any atom is -0.337 e. The van der Waals surface area contributed by atoms with E-state index in [2.05, 4.69) is 28.8 Å². The molecule has 2 N–H and O–H groups in total. The van der Waals surface area contributed by atoms with E-state index in [0.29, 0.717) is 0 Å². The number of hydrogen-bond acceptors (Lipinski definition) is 3. The fourth-order valence-corrected chi connectivity index (χ4v) is 3.52. The molecule has 1 aromatic rings. The van der Waals surface area contributed by atoms with Crippen LogP contribution in [0.5, 0.6) is 0 Å². The number of benzene rings is 1. The van der Waals surface area contributed by atoms with E-state index in [1.165, 1.54) is 24.0 Å². The quantitative estimate of drug-likeness (QED) is 0.836. The van der Waals surface area contributed by atoms with Crippen LogP contribution in [0.3, 0.4) is 0 Å². The minimum atomic E-state index is -3.05. The van der Waals surface area contributed by atoms with Crippen molar-refractivity contribution in [1.29, 1.82) is 0 Å². The molecule has 0 unspecified atom stereocenters. The van der Waals surface area contributed by atoms with Crippen molar-refractivity contribution in [2.45, 2.75) is 45.6 Å². The van der Waals surface area contributed by atoms with Crippen molar-refractivity contribution in [1.82, 2.24) is 10.6 Å².